The Morgan fingerprint density at radius 1 is 1.17 bits per heavy atom. The Bertz CT molecular complexity index is 482. The van der Waals surface area contributed by atoms with E-state index < -0.39 is 0 Å². The predicted molar refractivity (Wildman–Crippen MR) is 103 cm³/mol. The topological polar surface area (TPSA) is 80.4 Å². The average molecular weight is 339 g/mol. The van der Waals surface area contributed by atoms with Crippen LogP contribution in [0.3, 0.4) is 0 Å². The van der Waals surface area contributed by atoms with E-state index in [4.69, 9.17) is 11.1 Å². The van der Waals surface area contributed by atoms with Crippen molar-refractivity contribution in [1.29, 1.82) is 5.41 Å². The number of nitrogens with two attached hydrogens (primary N) is 1. The molecule has 1 saturated heterocycles. The first kappa shape index (κ1) is 17.9. The van der Waals surface area contributed by atoms with Crippen molar-refractivity contribution in [2.24, 2.45) is 5.73 Å². The zero-order valence-corrected chi connectivity index (χ0v) is 15.1. The first-order chi connectivity index (χ1) is 11.0. The van der Waals surface area contributed by atoms with Crippen LogP contribution in [0.5, 0.6) is 0 Å². The summed E-state index contributed by atoms with van der Waals surface area (Å²) in [5.41, 5.74) is 7.96. The number of rotatable bonds is 7. The fraction of sp³-hybridized carbons (Fsp3) is 0.562. The zero-order valence-electron chi connectivity index (χ0n) is 14.2. The minimum atomic E-state index is -0.0506. The van der Waals surface area contributed by atoms with Gasteiger partial charge in [0.15, 0.2) is 5.96 Å². The zero-order chi connectivity index (χ0) is 16.7. The van der Waals surface area contributed by atoms with Gasteiger partial charge < -0.3 is 16.0 Å². The summed E-state index contributed by atoms with van der Waals surface area (Å²) in [7, 11) is 0. The molecule has 1 fully saturated rings. The van der Waals surface area contributed by atoms with Crippen LogP contribution >= 0.6 is 11.1 Å². The molecule has 7 heteroatoms. The second-order valence-corrected chi connectivity index (χ2v) is 8.17. The number of nitrogens with one attached hydrogen (secondary N) is 3. The van der Waals surface area contributed by atoms with Crippen LogP contribution in [0.4, 0.5) is 5.69 Å². The molecule has 1 aromatic carbocycles. The summed E-state index contributed by atoms with van der Waals surface area (Å²) in [6.07, 6.45) is 4.46. The number of hydrogen-bond donors (Lipinski definition) is 5. The molecule has 1 aliphatic heterocycles. The number of guanidine groups is 1. The summed E-state index contributed by atoms with van der Waals surface area (Å²) in [6, 6.07) is 8.92. The van der Waals surface area contributed by atoms with Crippen LogP contribution in [-0.2, 0) is 6.54 Å². The minimum absolute atomic E-state index is 0.0506. The van der Waals surface area contributed by atoms with E-state index in [0.717, 1.165) is 45.8 Å². The smallest absolute Gasteiger partial charge is 0.185 e. The van der Waals surface area contributed by atoms with E-state index >= 15 is 0 Å². The third-order valence-corrected chi connectivity index (χ3v) is 4.81. The number of nitrogens with zero attached hydrogens (tertiary/aromatic N) is 2. The first-order valence-electron chi connectivity index (χ1n) is 8.09. The van der Waals surface area contributed by atoms with Crippen LogP contribution in [0.1, 0.15) is 5.56 Å². The van der Waals surface area contributed by atoms with Crippen molar-refractivity contribution < 1.29 is 0 Å². The number of thiol groups is 1. The first-order valence-corrected chi connectivity index (χ1v) is 10.3. The SMILES string of the molecule is C[SH](C)NCc1ccc(N2CCN(CCNC(=N)N)CC2)cc1. The molecule has 0 amide bonds. The van der Waals surface area contributed by atoms with Gasteiger partial charge in [-0.15, -0.1) is 0 Å². The minimum Gasteiger partial charge on any atom is -0.370 e. The summed E-state index contributed by atoms with van der Waals surface area (Å²) in [4.78, 5) is 4.86. The lowest BCUT2D eigenvalue weighted by Crippen LogP contribution is -2.48. The van der Waals surface area contributed by atoms with Gasteiger partial charge in [-0.1, -0.05) is 12.1 Å². The summed E-state index contributed by atoms with van der Waals surface area (Å²) in [6.45, 7) is 6.84. The van der Waals surface area contributed by atoms with E-state index in [0.29, 0.717) is 0 Å². The summed E-state index contributed by atoms with van der Waals surface area (Å²) in [5, 5.41) is 10.0. The molecule has 1 heterocycles. The van der Waals surface area contributed by atoms with Crippen molar-refractivity contribution in [2.45, 2.75) is 6.54 Å². The third kappa shape index (κ3) is 6.29. The van der Waals surface area contributed by atoms with E-state index in [1.54, 1.807) is 0 Å². The highest BCUT2D eigenvalue weighted by Crippen LogP contribution is 2.18. The summed E-state index contributed by atoms with van der Waals surface area (Å²) < 4.78 is 3.51. The highest BCUT2D eigenvalue weighted by Gasteiger charge is 2.16. The fourth-order valence-electron chi connectivity index (χ4n) is 2.65. The van der Waals surface area contributed by atoms with Crippen molar-refractivity contribution in [3.63, 3.8) is 0 Å². The molecule has 23 heavy (non-hydrogen) atoms. The van der Waals surface area contributed by atoms with Gasteiger partial charge in [0.2, 0.25) is 0 Å². The molecule has 0 spiro atoms. The van der Waals surface area contributed by atoms with Crippen molar-refractivity contribution in [1.82, 2.24) is 14.9 Å². The molecule has 0 aromatic heterocycles. The van der Waals surface area contributed by atoms with Crippen LogP contribution in [-0.4, -0.2) is 62.6 Å². The summed E-state index contributed by atoms with van der Waals surface area (Å²) in [5.74, 6) is 0.0527. The molecular weight excluding hydrogens is 308 g/mol. The molecule has 0 radical (unpaired) electrons. The van der Waals surface area contributed by atoms with Crippen LogP contribution in [0, 0.1) is 5.41 Å². The van der Waals surface area contributed by atoms with Crippen LogP contribution < -0.4 is 20.7 Å². The van der Waals surface area contributed by atoms with E-state index in [2.05, 4.69) is 56.6 Å². The third-order valence-electron chi connectivity index (χ3n) is 4.02. The number of benzene rings is 1. The predicted octanol–water partition coefficient (Wildman–Crippen LogP) is 0.557. The maximum atomic E-state index is 7.16. The van der Waals surface area contributed by atoms with Gasteiger partial charge in [0, 0.05) is 51.5 Å². The molecule has 6 nitrogen and oxygen atoms in total. The Morgan fingerprint density at radius 2 is 1.83 bits per heavy atom. The van der Waals surface area contributed by atoms with E-state index in [9.17, 15) is 0 Å². The molecule has 1 aromatic rings. The Balaban J connectivity index is 1.75. The van der Waals surface area contributed by atoms with E-state index in [1.165, 1.54) is 11.3 Å². The maximum Gasteiger partial charge on any atom is 0.185 e. The Labute approximate surface area is 142 Å². The highest BCUT2D eigenvalue weighted by atomic mass is 32.2. The second-order valence-electron chi connectivity index (χ2n) is 6.06. The van der Waals surface area contributed by atoms with Gasteiger partial charge in [-0.2, -0.15) is 0 Å². The van der Waals surface area contributed by atoms with Crippen molar-refractivity contribution in [3.05, 3.63) is 29.8 Å². The van der Waals surface area contributed by atoms with Gasteiger partial charge in [-0.3, -0.25) is 15.0 Å². The largest absolute Gasteiger partial charge is 0.370 e. The lowest BCUT2D eigenvalue weighted by atomic mass is 10.2. The summed E-state index contributed by atoms with van der Waals surface area (Å²) >= 11 is -0.0506. The molecule has 5 N–H and O–H groups in total. The van der Waals surface area contributed by atoms with Crippen molar-refractivity contribution >= 4 is 22.7 Å². The van der Waals surface area contributed by atoms with Gasteiger partial charge in [0.05, 0.1) is 0 Å². The van der Waals surface area contributed by atoms with Gasteiger partial charge in [0.25, 0.3) is 0 Å². The van der Waals surface area contributed by atoms with Crippen LogP contribution in [0.25, 0.3) is 0 Å². The maximum absolute atomic E-state index is 7.16. The monoisotopic (exact) mass is 338 g/mol. The molecule has 0 saturated carbocycles. The number of anilines is 1. The number of hydrogen-bond acceptors (Lipinski definition) is 4. The second kappa shape index (κ2) is 9.00. The van der Waals surface area contributed by atoms with Crippen molar-refractivity contribution in [2.75, 3.05) is 56.7 Å². The molecule has 0 bridgehead atoms. The van der Waals surface area contributed by atoms with Gasteiger partial charge in [-0.05, 0) is 30.2 Å². The Kier molecular flexibility index (Phi) is 7.01. The number of piperazine rings is 1. The Hall–Kier alpha value is -1.44. The molecule has 0 unspecified atom stereocenters. The highest BCUT2D eigenvalue weighted by molar-refractivity contribution is 8.14. The average Bonchev–Trinajstić information content (AvgIpc) is 2.54. The molecule has 2 rings (SSSR count). The van der Waals surface area contributed by atoms with E-state index in [-0.39, 0.29) is 17.0 Å². The quantitative estimate of drug-likeness (QED) is 0.285. The molecule has 1 aliphatic rings. The fourth-order valence-corrected chi connectivity index (χ4v) is 3.15. The normalized spacial score (nSPS) is 16.3. The van der Waals surface area contributed by atoms with Gasteiger partial charge in [-0.25, -0.2) is 11.1 Å². The Morgan fingerprint density at radius 3 is 2.39 bits per heavy atom. The van der Waals surface area contributed by atoms with Crippen molar-refractivity contribution in [3.8, 4) is 0 Å². The molecule has 0 aliphatic carbocycles. The lowest BCUT2D eigenvalue weighted by Gasteiger charge is -2.36. The lowest BCUT2D eigenvalue weighted by molar-refractivity contribution is 0.261. The van der Waals surface area contributed by atoms with Gasteiger partial charge >= 0.3 is 0 Å². The van der Waals surface area contributed by atoms with Gasteiger partial charge in [0.1, 0.15) is 0 Å². The molecular formula is C16H30N6S. The van der Waals surface area contributed by atoms with Crippen LogP contribution in [0.2, 0.25) is 0 Å². The van der Waals surface area contributed by atoms with Crippen LogP contribution in [0.15, 0.2) is 24.3 Å². The molecule has 0 atom stereocenters. The standard InChI is InChI=1S/C16H30N6S/c1-23(2)20-13-14-3-5-15(6-4-14)22-11-9-21(10-12-22)8-7-19-16(17)18/h3-6,20,23H,7-13H2,1-2H3,(H4,17,18,19). The molecule has 130 valence electrons. The van der Waals surface area contributed by atoms with E-state index in [1.807, 2.05) is 0 Å².